The number of nitrogens with zero attached hydrogens (tertiary/aromatic N) is 5. The van der Waals surface area contributed by atoms with Crippen molar-refractivity contribution in [3.63, 3.8) is 0 Å². The lowest BCUT2D eigenvalue weighted by atomic mass is 10.0. The Hall–Kier alpha value is -4.26. The van der Waals surface area contributed by atoms with Gasteiger partial charge in [-0.05, 0) is 61.1 Å². The summed E-state index contributed by atoms with van der Waals surface area (Å²) in [7, 11) is 0. The third-order valence-electron chi connectivity index (χ3n) is 6.52. The Morgan fingerprint density at radius 3 is 1.90 bits per heavy atom. The molecule has 0 amide bonds. The molecule has 7 heteroatoms. The molecule has 6 rings (SSSR count). The van der Waals surface area contributed by atoms with Crippen molar-refractivity contribution >= 4 is 21.9 Å². The molecule has 0 spiro atoms. The number of aromatic amines is 2. The van der Waals surface area contributed by atoms with E-state index < -0.39 is 0 Å². The van der Waals surface area contributed by atoms with Gasteiger partial charge in [0.2, 0.25) is 0 Å². The van der Waals surface area contributed by atoms with E-state index in [1.54, 1.807) is 17.1 Å². The number of hydrogen-bond acceptors (Lipinski definition) is 4. The number of benzene rings is 2. The van der Waals surface area contributed by atoms with Crippen molar-refractivity contribution in [3.8, 4) is 0 Å². The highest BCUT2D eigenvalue weighted by Crippen LogP contribution is 2.24. The quantitative estimate of drug-likeness (QED) is 0.222. The van der Waals surface area contributed by atoms with Gasteiger partial charge in [0.25, 0.3) is 0 Å². The third kappa shape index (κ3) is 9.98. The largest absolute Gasteiger partial charge is 0.361 e. The predicted octanol–water partition coefficient (Wildman–Crippen LogP) is 9.68. The van der Waals surface area contributed by atoms with Gasteiger partial charge in [-0.15, -0.1) is 5.10 Å². The van der Waals surface area contributed by atoms with Crippen LogP contribution < -0.4 is 0 Å². The van der Waals surface area contributed by atoms with Crippen LogP contribution in [0.4, 0.5) is 0 Å². The molecular formula is C35H49N7. The maximum Gasteiger partial charge on any atom is 0.109 e. The molecule has 4 aromatic heterocycles. The summed E-state index contributed by atoms with van der Waals surface area (Å²) in [6, 6.07) is 21.0. The normalized spacial score (nSPS) is 10.6. The molecule has 0 radical (unpaired) electrons. The van der Waals surface area contributed by atoms with Crippen LogP contribution in [0.25, 0.3) is 21.9 Å². The van der Waals surface area contributed by atoms with E-state index >= 15 is 0 Å². The number of fused-ring (bicyclic) bond motifs is 2. The van der Waals surface area contributed by atoms with Gasteiger partial charge in [0, 0.05) is 47.7 Å². The van der Waals surface area contributed by atoms with Crippen molar-refractivity contribution in [2.75, 3.05) is 0 Å². The molecule has 0 saturated heterocycles. The average Bonchev–Trinajstić information content (AvgIpc) is 3.74. The molecule has 6 aromatic rings. The highest BCUT2D eigenvalue weighted by molar-refractivity contribution is 5.83. The van der Waals surface area contributed by atoms with Crippen molar-refractivity contribution in [1.82, 2.24) is 34.9 Å². The minimum atomic E-state index is 0. The summed E-state index contributed by atoms with van der Waals surface area (Å²) < 4.78 is 1.81. The molecule has 42 heavy (non-hydrogen) atoms. The van der Waals surface area contributed by atoms with Gasteiger partial charge in [0.05, 0.1) is 17.2 Å². The molecule has 0 unspecified atom stereocenters. The molecule has 0 fully saturated rings. The first-order valence-electron chi connectivity index (χ1n) is 14.4. The molecule has 224 valence electrons. The van der Waals surface area contributed by atoms with E-state index in [-0.39, 0.29) is 7.43 Å². The summed E-state index contributed by atoms with van der Waals surface area (Å²) in [6.07, 6.45) is 9.34. The predicted molar refractivity (Wildman–Crippen MR) is 178 cm³/mol. The van der Waals surface area contributed by atoms with Gasteiger partial charge in [0.1, 0.15) is 5.82 Å². The molecule has 7 nitrogen and oxygen atoms in total. The number of hydrogen-bond donors (Lipinski definition) is 2. The summed E-state index contributed by atoms with van der Waals surface area (Å²) in [5.74, 6) is 2.73. The zero-order chi connectivity index (χ0) is 29.8. The van der Waals surface area contributed by atoms with Crippen LogP contribution in [-0.4, -0.2) is 34.9 Å². The number of imidazole rings is 1. The summed E-state index contributed by atoms with van der Waals surface area (Å²) in [5.41, 5.74) is 6.13. The zero-order valence-electron chi connectivity index (χ0n) is 25.7. The van der Waals surface area contributed by atoms with Crippen LogP contribution in [0.1, 0.15) is 104 Å². The Bertz CT molecular complexity index is 1500. The van der Waals surface area contributed by atoms with E-state index in [4.69, 9.17) is 0 Å². The lowest BCUT2D eigenvalue weighted by Gasteiger charge is -2.00. The third-order valence-corrected chi connectivity index (χ3v) is 6.52. The molecule has 4 heterocycles. The molecule has 0 aliphatic rings. The van der Waals surface area contributed by atoms with Gasteiger partial charge in [-0.1, -0.05) is 90.6 Å². The standard InChI is InChI=1S/C11H13N.C10H12N2.C8H11N.C5H9N3.CH4/c1-8(2)10-7-12-11-6-4-3-5-9(10)11;1-7(2)10-11-8-5-3-4-6-9(8)12-10;1-7(2)8-4-3-5-9-6-8;1-5(2)8-4-3-6-7-8;/h3-8,12H,1-2H3;3-7H,1-2H3,(H,11,12);3-7H,1-2H3;3-5H,1-2H3;1H4. The first kappa shape index (κ1) is 33.9. The van der Waals surface area contributed by atoms with Gasteiger partial charge in [-0.25, -0.2) is 4.98 Å². The number of H-pyrrole nitrogens is 2. The van der Waals surface area contributed by atoms with Crippen molar-refractivity contribution in [1.29, 1.82) is 0 Å². The maximum atomic E-state index is 4.46. The van der Waals surface area contributed by atoms with Crippen molar-refractivity contribution in [2.24, 2.45) is 0 Å². The Morgan fingerprint density at radius 1 is 0.714 bits per heavy atom. The van der Waals surface area contributed by atoms with Crippen molar-refractivity contribution in [2.45, 2.75) is 86.6 Å². The molecular weight excluding hydrogens is 518 g/mol. The fraction of sp³-hybridized carbons (Fsp3) is 0.371. The minimum absolute atomic E-state index is 0. The van der Waals surface area contributed by atoms with Crippen molar-refractivity contribution in [3.05, 3.63) is 109 Å². The van der Waals surface area contributed by atoms with Crippen LogP contribution in [0.2, 0.25) is 0 Å². The average molecular weight is 568 g/mol. The maximum absolute atomic E-state index is 4.46. The fourth-order valence-electron chi connectivity index (χ4n) is 4.03. The highest BCUT2D eigenvalue weighted by Gasteiger charge is 2.05. The van der Waals surface area contributed by atoms with Crippen LogP contribution in [-0.2, 0) is 0 Å². The summed E-state index contributed by atoms with van der Waals surface area (Å²) in [5, 5.41) is 8.79. The van der Waals surface area contributed by atoms with Crippen LogP contribution in [0.5, 0.6) is 0 Å². The van der Waals surface area contributed by atoms with Crippen LogP contribution >= 0.6 is 0 Å². The van der Waals surface area contributed by atoms with E-state index in [0.717, 1.165) is 16.9 Å². The molecule has 0 saturated carbocycles. The Kier molecular flexibility index (Phi) is 13.6. The Labute approximate surface area is 251 Å². The SMILES string of the molecule is C.CC(C)c1c[nH]c2ccccc12.CC(C)c1cccnc1.CC(C)c1nc2ccccc2[nH]1.CC(C)n1ccnn1. The van der Waals surface area contributed by atoms with Gasteiger partial charge < -0.3 is 9.97 Å². The fourth-order valence-corrected chi connectivity index (χ4v) is 4.03. The molecule has 2 N–H and O–H groups in total. The number of para-hydroxylation sites is 3. The summed E-state index contributed by atoms with van der Waals surface area (Å²) in [4.78, 5) is 15.0. The van der Waals surface area contributed by atoms with E-state index in [1.165, 1.54) is 22.0 Å². The summed E-state index contributed by atoms with van der Waals surface area (Å²) in [6.45, 7) is 17.2. The second-order valence-corrected chi connectivity index (χ2v) is 11.2. The van der Waals surface area contributed by atoms with Crippen LogP contribution in [0, 0.1) is 0 Å². The second-order valence-electron chi connectivity index (χ2n) is 11.2. The molecule has 0 aliphatic carbocycles. The number of aromatic nitrogens is 7. The van der Waals surface area contributed by atoms with Gasteiger partial charge >= 0.3 is 0 Å². The molecule has 0 aliphatic heterocycles. The Morgan fingerprint density at radius 2 is 1.40 bits per heavy atom. The minimum Gasteiger partial charge on any atom is -0.361 e. The van der Waals surface area contributed by atoms with Gasteiger partial charge in [0.15, 0.2) is 0 Å². The van der Waals surface area contributed by atoms with Gasteiger partial charge in [-0.3, -0.25) is 9.67 Å². The molecule has 0 bridgehead atoms. The van der Waals surface area contributed by atoms with E-state index in [0.29, 0.717) is 23.8 Å². The van der Waals surface area contributed by atoms with Crippen LogP contribution in [0.3, 0.4) is 0 Å². The monoisotopic (exact) mass is 567 g/mol. The van der Waals surface area contributed by atoms with E-state index in [9.17, 15) is 0 Å². The van der Waals surface area contributed by atoms with Crippen LogP contribution in [0.15, 0.2) is 91.6 Å². The van der Waals surface area contributed by atoms with Gasteiger partial charge in [-0.2, -0.15) is 0 Å². The number of pyridine rings is 1. The van der Waals surface area contributed by atoms with E-state index in [2.05, 4.69) is 122 Å². The highest BCUT2D eigenvalue weighted by atomic mass is 15.4. The Balaban J connectivity index is 0.000000197. The smallest absolute Gasteiger partial charge is 0.109 e. The lowest BCUT2D eigenvalue weighted by Crippen LogP contribution is -2.00. The molecule has 2 aromatic carbocycles. The number of nitrogens with one attached hydrogen (secondary N) is 2. The topological polar surface area (TPSA) is 88.1 Å². The number of rotatable bonds is 4. The zero-order valence-corrected chi connectivity index (χ0v) is 25.7. The second kappa shape index (κ2) is 16.9. The summed E-state index contributed by atoms with van der Waals surface area (Å²) >= 11 is 0. The lowest BCUT2D eigenvalue weighted by molar-refractivity contribution is 0.514. The van der Waals surface area contributed by atoms with E-state index in [1.807, 2.05) is 42.7 Å². The molecule has 0 atom stereocenters. The first-order valence-corrected chi connectivity index (χ1v) is 14.4. The first-order chi connectivity index (χ1) is 19.7. The van der Waals surface area contributed by atoms with Crippen molar-refractivity contribution < 1.29 is 0 Å².